The van der Waals surface area contributed by atoms with E-state index in [0.29, 0.717) is 17.3 Å². The number of amidine groups is 2. The first-order chi connectivity index (χ1) is 13.1. The first kappa shape index (κ1) is 18.0. The van der Waals surface area contributed by atoms with Gasteiger partial charge in [0.15, 0.2) is 11.7 Å². The van der Waals surface area contributed by atoms with Crippen LogP contribution in [0.3, 0.4) is 0 Å². The molecule has 0 aliphatic rings. The van der Waals surface area contributed by atoms with E-state index in [4.69, 9.17) is 15.9 Å². The molecule has 27 heavy (non-hydrogen) atoms. The minimum absolute atomic E-state index is 0.209. The highest BCUT2D eigenvalue weighted by molar-refractivity contribution is 5.97. The Balaban J connectivity index is 1.80. The minimum Gasteiger partial charge on any atom is -0.456 e. The first-order valence-electron chi connectivity index (χ1n) is 8.03. The Bertz CT molecular complexity index is 882. The van der Waals surface area contributed by atoms with E-state index >= 15 is 0 Å². The zero-order valence-electron chi connectivity index (χ0n) is 14.9. The van der Waals surface area contributed by atoms with Gasteiger partial charge in [0.1, 0.15) is 31.4 Å². The average Bonchev–Trinajstić information content (AvgIpc) is 3.19. The number of pyridine rings is 1. The lowest BCUT2D eigenvalue weighted by molar-refractivity contribution is 0.213. The monoisotopic (exact) mass is 365 g/mol. The smallest absolute Gasteiger partial charge is 0.188 e. The van der Waals surface area contributed by atoms with Crippen LogP contribution in [0.15, 0.2) is 69.5 Å². The van der Waals surface area contributed by atoms with Crippen molar-refractivity contribution in [3.05, 3.63) is 66.0 Å². The van der Waals surface area contributed by atoms with Gasteiger partial charge in [-0.3, -0.25) is 4.98 Å². The number of nitrogens with zero attached hydrogens (tertiary/aromatic N) is 3. The maximum absolute atomic E-state index is 5.94. The summed E-state index contributed by atoms with van der Waals surface area (Å²) >= 11 is 0. The van der Waals surface area contributed by atoms with Gasteiger partial charge in [0.05, 0.1) is 0 Å². The van der Waals surface area contributed by atoms with Gasteiger partial charge in [0.2, 0.25) is 0 Å². The van der Waals surface area contributed by atoms with Crippen LogP contribution in [0.2, 0.25) is 0 Å². The molecule has 0 unspecified atom stereocenters. The highest BCUT2D eigenvalue weighted by Crippen LogP contribution is 2.28. The molecule has 0 aliphatic carbocycles. The van der Waals surface area contributed by atoms with Gasteiger partial charge in [0, 0.05) is 22.9 Å². The lowest BCUT2D eigenvalue weighted by Crippen LogP contribution is -2.15. The Morgan fingerprint density at radius 1 is 0.815 bits per heavy atom. The molecule has 8 heteroatoms. The van der Waals surface area contributed by atoms with Crippen LogP contribution in [-0.2, 0) is 9.68 Å². The Kier molecular flexibility index (Phi) is 5.36. The van der Waals surface area contributed by atoms with Gasteiger partial charge in [-0.1, -0.05) is 34.6 Å². The quantitative estimate of drug-likeness (QED) is 0.393. The fraction of sp³-hybridized carbons (Fsp3) is 0.105. The van der Waals surface area contributed by atoms with E-state index < -0.39 is 0 Å². The molecule has 2 heterocycles. The van der Waals surface area contributed by atoms with Crippen LogP contribution in [0.5, 0.6) is 0 Å². The zero-order chi connectivity index (χ0) is 19.2. The Hall–Kier alpha value is -3.81. The molecular formula is C19H19N5O3. The van der Waals surface area contributed by atoms with Crippen LogP contribution in [-0.4, -0.2) is 30.9 Å². The normalized spacial score (nSPS) is 12.1. The number of benzene rings is 1. The van der Waals surface area contributed by atoms with Crippen molar-refractivity contribution in [1.29, 1.82) is 0 Å². The highest BCUT2D eigenvalue weighted by atomic mass is 16.6. The molecule has 2 aromatic heterocycles. The van der Waals surface area contributed by atoms with E-state index in [2.05, 4.69) is 25.0 Å². The largest absolute Gasteiger partial charge is 0.456 e. The third kappa shape index (κ3) is 4.06. The van der Waals surface area contributed by atoms with Crippen molar-refractivity contribution < 1.29 is 14.1 Å². The van der Waals surface area contributed by atoms with Crippen molar-refractivity contribution in [3.63, 3.8) is 0 Å². The molecule has 8 nitrogen and oxygen atoms in total. The van der Waals surface area contributed by atoms with Crippen LogP contribution < -0.4 is 11.5 Å². The molecular weight excluding hydrogens is 346 g/mol. The summed E-state index contributed by atoms with van der Waals surface area (Å²) in [6.45, 7) is 0. The molecule has 0 amide bonds. The molecule has 0 saturated heterocycles. The molecule has 0 atom stereocenters. The van der Waals surface area contributed by atoms with Crippen LogP contribution in [0.1, 0.15) is 11.3 Å². The number of oxime groups is 2. The van der Waals surface area contributed by atoms with Gasteiger partial charge in [-0.25, -0.2) is 0 Å². The molecule has 0 fully saturated rings. The third-order valence-electron chi connectivity index (χ3n) is 3.76. The van der Waals surface area contributed by atoms with Gasteiger partial charge >= 0.3 is 0 Å². The maximum atomic E-state index is 5.94. The van der Waals surface area contributed by atoms with Crippen LogP contribution in [0.25, 0.3) is 22.6 Å². The van der Waals surface area contributed by atoms with Crippen molar-refractivity contribution in [2.24, 2.45) is 21.8 Å². The van der Waals surface area contributed by atoms with Crippen molar-refractivity contribution in [2.75, 3.05) is 14.2 Å². The summed E-state index contributed by atoms with van der Waals surface area (Å²) in [5.41, 5.74) is 14.6. The van der Waals surface area contributed by atoms with Crippen molar-refractivity contribution in [2.45, 2.75) is 0 Å². The standard InChI is InChI=1S/C19H19N5O3/c1-25-23-18(20)13-5-3-12(4-6-13)16-9-10-17(27-16)14-7-8-15(22-11-14)19(21)24-26-2/h3-11H,1-2H3,(H2,20,23)(H2,21,24). The van der Waals surface area contributed by atoms with Gasteiger partial charge in [-0.15, -0.1) is 0 Å². The molecule has 0 bridgehead atoms. The van der Waals surface area contributed by atoms with Gasteiger partial charge in [-0.2, -0.15) is 0 Å². The summed E-state index contributed by atoms with van der Waals surface area (Å²) < 4.78 is 5.94. The second-order valence-corrected chi connectivity index (χ2v) is 5.49. The van der Waals surface area contributed by atoms with Crippen molar-refractivity contribution in [3.8, 4) is 22.6 Å². The van der Waals surface area contributed by atoms with E-state index in [9.17, 15) is 0 Å². The lowest BCUT2D eigenvalue weighted by Gasteiger charge is -2.02. The van der Waals surface area contributed by atoms with E-state index in [1.54, 1.807) is 12.3 Å². The summed E-state index contributed by atoms with van der Waals surface area (Å²) in [4.78, 5) is 13.6. The number of hydrogen-bond acceptors (Lipinski definition) is 6. The van der Waals surface area contributed by atoms with E-state index in [-0.39, 0.29) is 5.84 Å². The second-order valence-electron chi connectivity index (χ2n) is 5.49. The molecule has 3 rings (SSSR count). The molecule has 3 aromatic rings. The predicted octanol–water partition coefficient (Wildman–Crippen LogP) is 2.54. The Morgan fingerprint density at radius 2 is 1.41 bits per heavy atom. The molecule has 0 saturated carbocycles. The van der Waals surface area contributed by atoms with Gasteiger partial charge in [0.25, 0.3) is 0 Å². The van der Waals surface area contributed by atoms with E-state index in [0.717, 1.165) is 22.5 Å². The molecule has 1 aromatic carbocycles. The molecule has 4 N–H and O–H groups in total. The summed E-state index contributed by atoms with van der Waals surface area (Å²) in [6, 6.07) is 14.9. The van der Waals surface area contributed by atoms with E-state index in [1.165, 1.54) is 14.2 Å². The number of hydrogen-bond donors (Lipinski definition) is 2. The predicted molar refractivity (Wildman–Crippen MR) is 103 cm³/mol. The Labute approximate surface area is 156 Å². The van der Waals surface area contributed by atoms with Crippen molar-refractivity contribution >= 4 is 11.7 Å². The van der Waals surface area contributed by atoms with Crippen molar-refractivity contribution in [1.82, 2.24) is 4.98 Å². The molecule has 0 radical (unpaired) electrons. The van der Waals surface area contributed by atoms with Gasteiger partial charge in [-0.05, 0) is 24.3 Å². The average molecular weight is 365 g/mol. The van der Waals surface area contributed by atoms with E-state index in [1.807, 2.05) is 42.5 Å². The summed E-state index contributed by atoms with van der Waals surface area (Å²) in [7, 11) is 2.88. The second kappa shape index (κ2) is 8.05. The zero-order valence-corrected chi connectivity index (χ0v) is 14.9. The number of nitrogens with two attached hydrogens (primary N) is 2. The van der Waals surface area contributed by atoms with Crippen LogP contribution >= 0.6 is 0 Å². The topological polar surface area (TPSA) is 121 Å². The minimum atomic E-state index is 0.209. The SMILES string of the molecule is CO/N=C(\N)c1ccc(-c2ccc(-c3ccc(/C(N)=N\OC)cc3)o2)cn1. The highest BCUT2D eigenvalue weighted by Gasteiger charge is 2.09. The maximum Gasteiger partial charge on any atom is 0.188 e. The number of aromatic nitrogens is 1. The third-order valence-corrected chi connectivity index (χ3v) is 3.76. The molecule has 138 valence electrons. The Morgan fingerprint density at radius 3 is 2.00 bits per heavy atom. The fourth-order valence-electron chi connectivity index (χ4n) is 2.44. The summed E-state index contributed by atoms with van der Waals surface area (Å²) in [5, 5.41) is 7.37. The number of rotatable bonds is 6. The number of furan rings is 1. The van der Waals surface area contributed by atoms with Crippen LogP contribution in [0.4, 0.5) is 0 Å². The molecule has 0 aliphatic heterocycles. The fourth-order valence-corrected chi connectivity index (χ4v) is 2.44. The first-order valence-corrected chi connectivity index (χ1v) is 8.03. The lowest BCUT2D eigenvalue weighted by atomic mass is 10.1. The summed E-state index contributed by atoms with van der Waals surface area (Å²) in [5.74, 6) is 1.94. The summed E-state index contributed by atoms with van der Waals surface area (Å²) in [6.07, 6.45) is 1.67. The van der Waals surface area contributed by atoms with Crippen LogP contribution in [0, 0.1) is 0 Å². The molecule has 0 spiro atoms. The van der Waals surface area contributed by atoms with Gasteiger partial charge < -0.3 is 25.6 Å².